The van der Waals surface area contributed by atoms with Gasteiger partial charge in [0.15, 0.2) is 0 Å². The molecule has 3 unspecified atom stereocenters. The molecule has 11 nitrogen and oxygen atoms in total. The average Bonchev–Trinajstić information content (AvgIpc) is 3.70. The number of hydrogen-bond donors (Lipinski definition) is 1. The molecule has 0 radical (unpaired) electrons. The molecule has 6 heterocycles. The maximum Gasteiger partial charge on any atom is 0.493 e. The monoisotopic (exact) mass is 532 g/mol. The molecule has 0 spiro atoms. The summed E-state index contributed by atoms with van der Waals surface area (Å²) in [5.74, 6) is -2.62. The van der Waals surface area contributed by atoms with Crippen LogP contribution in [0.15, 0.2) is 49.3 Å². The number of ether oxygens (including phenoxy) is 1. The number of halogens is 4. The number of alkyl halides is 4. The van der Waals surface area contributed by atoms with Gasteiger partial charge in [0, 0.05) is 42.6 Å². The van der Waals surface area contributed by atoms with Gasteiger partial charge in [0.25, 0.3) is 6.35 Å². The lowest BCUT2D eigenvalue weighted by atomic mass is 10.0. The Morgan fingerprint density at radius 2 is 2.13 bits per heavy atom. The van der Waals surface area contributed by atoms with Crippen LogP contribution in [0.3, 0.4) is 0 Å². The number of H-pyrrole nitrogens is 1. The predicted octanol–water partition coefficient (Wildman–Crippen LogP) is 3.25. The molecule has 1 fully saturated rings. The summed E-state index contributed by atoms with van der Waals surface area (Å²) in [6.45, 7) is -0.120. The number of aromatic amines is 1. The van der Waals surface area contributed by atoms with Crippen molar-refractivity contribution in [3.8, 4) is 17.1 Å². The number of fused-ring (bicyclic) bond motifs is 2. The molecule has 2 aliphatic rings. The van der Waals surface area contributed by atoms with E-state index in [1.165, 1.54) is 29.3 Å². The van der Waals surface area contributed by atoms with Crippen LogP contribution < -0.4 is 9.80 Å². The molecular weight excluding hydrogens is 512 g/mol. The van der Waals surface area contributed by atoms with Gasteiger partial charge in [-0.05, 0) is 30.5 Å². The van der Waals surface area contributed by atoms with Crippen molar-refractivity contribution in [2.24, 2.45) is 5.92 Å². The number of pyridine rings is 1. The van der Waals surface area contributed by atoms with Crippen LogP contribution >= 0.6 is 0 Å². The second-order valence-electron chi connectivity index (χ2n) is 8.91. The van der Waals surface area contributed by atoms with Crippen molar-refractivity contribution in [2.45, 2.75) is 25.0 Å². The van der Waals surface area contributed by atoms with Crippen molar-refractivity contribution >= 4 is 22.7 Å². The topological polar surface area (TPSA) is 114 Å². The van der Waals surface area contributed by atoms with Crippen LogP contribution in [0.2, 0.25) is 0 Å². The van der Waals surface area contributed by atoms with E-state index in [0.29, 0.717) is 29.9 Å². The molecular formula is C23H20F4N8O3. The predicted molar refractivity (Wildman–Crippen MR) is 123 cm³/mol. The molecule has 198 valence electrons. The normalized spacial score (nSPS) is 20.5. The minimum Gasteiger partial charge on any atom is -0.435 e. The molecule has 6 rings (SSSR count). The fourth-order valence-corrected chi connectivity index (χ4v) is 4.85. The first-order chi connectivity index (χ1) is 18.3. The minimum absolute atomic E-state index is 0.0237. The molecule has 0 aliphatic carbocycles. The zero-order valence-electron chi connectivity index (χ0n) is 19.5. The second kappa shape index (κ2) is 9.24. The zero-order chi connectivity index (χ0) is 26.4. The maximum atomic E-state index is 14.4. The number of aromatic nitrogens is 6. The number of anilines is 1. The molecule has 4 aromatic rings. The number of hydrogen-bond acceptors (Lipinski definition) is 9. The lowest BCUT2D eigenvalue weighted by Gasteiger charge is -2.30. The highest BCUT2D eigenvalue weighted by Gasteiger charge is 2.48. The minimum atomic E-state index is -5.20. The first-order valence-corrected chi connectivity index (χ1v) is 11.7. The number of rotatable bonds is 6. The number of carbonyl (C=O) groups is 1. The molecule has 15 heteroatoms. The van der Waals surface area contributed by atoms with E-state index in [4.69, 9.17) is 4.74 Å². The summed E-state index contributed by atoms with van der Waals surface area (Å²) in [7, 11) is 0. The fraction of sp³-hybridized carbons (Fsp3) is 0.348. The quantitative estimate of drug-likeness (QED) is 0.374. The van der Waals surface area contributed by atoms with Gasteiger partial charge < -0.3 is 14.6 Å². The summed E-state index contributed by atoms with van der Waals surface area (Å²) in [6.07, 6.45) is 2.02. The Bertz CT molecular complexity index is 1470. The highest BCUT2D eigenvalue weighted by molar-refractivity contribution is 5.90. The van der Waals surface area contributed by atoms with Gasteiger partial charge in [0.1, 0.15) is 24.3 Å². The summed E-state index contributed by atoms with van der Waals surface area (Å²) in [5.41, 5.74) is 2.09. The van der Waals surface area contributed by atoms with Gasteiger partial charge in [-0.3, -0.25) is 4.68 Å². The third kappa shape index (κ3) is 4.17. The van der Waals surface area contributed by atoms with Gasteiger partial charge in [-0.25, -0.2) is 29.0 Å². The molecule has 4 aromatic heterocycles. The van der Waals surface area contributed by atoms with Gasteiger partial charge in [-0.2, -0.15) is 18.3 Å². The third-order valence-electron chi connectivity index (χ3n) is 6.66. The van der Waals surface area contributed by atoms with E-state index < -0.39 is 31.2 Å². The van der Waals surface area contributed by atoms with Gasteiger partial charge >= 0.3 is 12.1 Å². The van der Waals surface area contributed by atoms with Gasteiger partial charge in [-0.15, -0.1) is 5.06 Å². The third-order valence-corrected chi connectivity index (χ3v) is 6.66. The zero-order valence-corrected chi connectivity index (χ0v) is 19.5. The van der Waals surface area contributed by atoms with Crippen molar-refractivity contribution in [3.05, 3.63) is 49.3 Å². The largest absolute Gasteiger partial charge is 0.493 e. The lowest BCUT2D eigenvalue weighted by Crippen LogP contribution is -2.50. The Kier molecular flexibility index (Phi) is 5.86. The van der Waals surface area contributed by atoms with E-state index in [1.54, 1.807) is 23.5 Å². The summed E-state index contributed by atoms with van der Waals surface area (Å²) in [6, 6.07) is 4.11. The fourth-order valence-electron chi connectivity index (χ4n) is 4.85. The molecule has 38 heavy (non-hydrogen) atoms. The highest BCUT2D eigenvalue weighted by atomic mass is 19.4. The summed E-state index contributed by atoms with van der Waals surface area (Å²) in [4.78, 5) is 33.5. The Labute approximate surface area is 211 Å². The molecule has 0 aromatic carbocycles. The molecule has 0 bridgehead atoms. The van der Waals surface area contributed by atoms with Crippen molar-refractivity contribution in [3.63, 3.8) is 0 Å². The van der Waals surface area contributed by atoms with E-state index in [2.05, 4.69) is 29.9 Å². The molecule has 2 aliphatic heterocycles. The van der Waals surface area contributed by atoms with Crippen LogP contribution in [0.25, 0.3) is 22.3 Å². The van der Waals surface area contributed by atoms with Crippen LogP contribution in [-0.4, -0.2) is 72.9 Å². The van der Waals surface area contributed by atoms with Gasteiger partial charge in [-0.1, -0.05) is 0 Å². The van der Waals surface area contributed by atoms with Crippen molar-refractivity contribution < 1.29 is 31.9 Å². The van der Waals surface area contributed by atoms with E-state index in [0.717, 1.165) is 10.4 Å². The van der Waals surface area contributed by atoms with Crippen LogP contribution in [0, 0.1) is 5.92 Å². The molecule has 0 saturated carbocycles. The molecule has 0 amide bonds. The number of hydroxylamine groups is 1. The van der Waals surface area contributed by atoms with E-state index in [-0.39, 0.29) is 24.0 Å². The maximum absolute atomic E-state index is 14.4. The Morgan fingerprint density at radius 3 is 2.95 bits per heavy atom. The van der Waals surface area contributed by atoms with Crippen molar-refractivity contribution in [2.75, 3.05) is 24.8 Å². The lowest BCUT2D eigenvalue weighted by molar-refractivity contribution is -0.205. The smallest absolute Gasteiger partial charge is 0.435 e. The first-order valence-electron chi connectivity index (χ1n) is 11.7. The number of carbonyl (C=O) groups excluding carboxylic acids is 1. The van der Waals surface area contributed by atoms with Crippen LogP contribution in [0.5, 0.6) is 5.88 Å². The Morgan fingerprint density at radius 1 is 1.26 bits per heavy atom. The van der Waals surface area contributed by atoms with Crippen LogP contribution in [0.1, 0.15) is 12.5 Å². The van der Waals surface area contributed by atoms with E-state index >= 15 is 0 Å². The number of nitrogens with one attached hydrogen (secondary N) is 1. The summed E-state index contributed by atoms with van der Waals surface area (Å²) in [5, 5.41) is 5.94. The molecule has 1 N–H and O–H groups in total. The SMILES string of the molecule is O=C(ON1c2cccnc2OC1N1CCC(C(CF)n2cc(-c3ncnc4[nH]ccc34)cn2)C1)C(F)(F)F. The molecule has 3 atom stereocenters. The van der Waals surface area contributed by atoms with E-state index in [9.17, 15) is 22.4 Å². The number of likely N-dealkylation sites (tertiary alicyclic amines) is 1. The van der Waals surface area contributed by atoms with Gasteiger partial charge in [0.2, 0.25) is 5.88 Å². The Balaban J connectivity index is 1.21. The van der Waals surface area contributed by atoms with E-state index in [1.807, 2.05) is 6.07 Å². The first kappa shape index (κ1) is 24.1. The summed E-state index contributed by atoms with van der Waals surface area (Å²) >= 11 is 0. The van der Waals surface area contributed by atoms with Crippen molar-refractivity contribution in [1.29, 1.82) is 0 Å². The highest BCUT2D eigenvalue weighted by Crippen LogP contribution is 2.40. The second-order valence-corrected chi connectivity index (χ2v) is 8.91. The average molecular weight is 532 g/mol. The van der Waals surface area contributed by atoms with Crippen LogP contribution in [-0.2, 0) is 9.63 Å². The van der Waals surface area contributed by atoms with Crippen molar-refractivity contribution in [1.82, 2.24) is 34.6 Å². The summed E-state index contributed by atoms with van der Waals surface area (Å²) < 4.78 is 60.5. The van der Waals surface area contributed by atoms with Crippen LogP contribution in [0.4, 0.5) is 23.2 Å². The van der Waals surface area contributed by atoms with Gasteiger partial charge in [0.05, 0.1) is 17.9 Å². The number of nitrogens with zero attached hydrogens (tertiary/aromatic N) is 7. The standard InChI is InChI=1S/C23H20F4N8O3/c24-8-17(34-11-14(9-32-34)18-15-3-6-28-19(15)31-12-30-18)13-4-7-33(10-13)22-35(38-21(36)23(25,26)27)16-2-1-5-29-20(16)37-22/h1-3,5-6,9,11-13,17,22H,4,7-8,10H2,(H,28,30,31). The molecule has 1 saturated heterocycles. The Hall–Kier alpha value is -4.27.